The number of ether oxygens (including phenoxy) is 2. The summed E-state index contributed by atoms with van der Waals surface area (Å²) in [6.45, 7) is 24.7. The minimum Gasteiger partial charge on any atom is -0.490 e. The van der Waals surface area contributed by atoms with Crippen molar-refractivity contribution in [3.63, 3.8) is 0 Å². The van der Waals surface area contributed by atoms with E-state index in [1.165, 1.54) is 12.7 Å². The van der Waals surface area contributed by atoms with Crippen molar-refractivity contribution in [3.05, 3.63) is 90.4 Å². The highest BCUT2D eigenvalue weighted by atomic mass is 16.5. The SMILES string of the molecule is C=C1C=C(Oc2ccc(Nc3ncnc4cc(OCCN(CCCC(C)CC)C(=O)/C=C/CN(C)C)c(C)nc34)cc2C)C=CN1/N=C\C.CC.CCC. The van der Waals surface area contributed by atoms with Crippen LogP contribution in [0.3, 0.4) is 0 Å². The molecule has 1 N–H and O–H groups in total. The Labute approximate surface area is 324 Å². The number of carbonyl (C=O) groups is 1. The molecule has 1 aromatic carbocycles. The Bertz CT molecular complexity index is 1750. The van der Waals surface area contributed by atoms with Crippen LogP contribution in [0.2, 0.25) is 0 Å². The number of aryl methyl sites for hydroxylation is 2. The Morgan fingerprint density at radius 1 is 1.09 bits per heavy atom. The Balaban J connectivity index is 0.00000192. The Morgan fingerprint density at radius 2 is 1.83 bits per heavy atom. The van der Waals surface area contributed by atoms with Crippen molar-refractivity contribution < 1.29 is 14.3 Å². The summed E-state index contributed by atoms with van der Waals surface area (Å²) in [4.78, 5) is 30.7. The molecule has 11 nitrogen and oxygen atoms in total. The molecule has 294 valence electrons. The van der Waals surface area contributed by atoms with Crippen molar-refractivity contribution in [1.82, 2.24) is 29.8 Å². The van der Waals surface area contributed by atoms with Gasteiger partial charge in [0.2, 0.25) is 5.91 Å². The molecule has 2 aromatic heterocycles. The molecule has 1 aliphatic heterocycles. The summed E-state index contributed by atoms with van der Waals surface area (Å²) < 4.78 is 12.3. The van der Waals surface area contributed by atoms with E-state index < -0.39 is 0 Å². The minimum atomic E-state index is 0.00372. The van der Waals surface area contributed by atoms with Crippen LogP contribution in [0.15, 0.2) is 84.2 Å². The van der Waals surface area contributed by atoms with Crippen LogP contribution in [-0.4, -0.2) is 82.2 Å². The van der Waals surface area contributed by atoms with Crippen molar-refractivity contribution in [3.8, 4) is 11.5 Å². The van der Waals surface area contributed by atoms with Crippen molar-refractivity contribution in [1.29, 1.82) is 0 Å². The molecule has 0 radical (unpaired) electrons. The molecule has 0 aliphatic carbocycles. The van der Waals surface area contributed by atoms with Gasteiger partial charge in [-0.25, -0.2) is 20.0 Å². The number of rotatable bonds is 17. The molecule has 4 rings (SSSR count). The number of hydrogen-bond acceptors (Lipinski definition) is 10. The maximum atomic E-state index is 13.0. The molecular formula is C43H64N8O3. The number of carbonyl (C=O) groups excluding carboxylic acids is 1. The predicted molar refractivity (Wildman–Crippen MR) is 225 cm³/mol. The predicted octanol–water partition coefficient (Wildman–Crippen LogP) is 9.59. The van der Waals surface area contributed by atoms with Crippen molar-refractivity contribution in [2.24, 2.45) is 11.0 Å². The molecule has 1 atom stereocenters. The van der Waals surface area contributed by atoms with E-state index in [4.69, 9.17) is 14.5 Å². The number of pyridine rings is 1. The fraction of sp³-hybridized carbons (Fsp3) is 0.465. The maximum Gasteiger partial charge on any atom is 0.246 e. The maximum absolute atomic E-state index is 13.0. The van der Waals surface area contributed by atoms with E-state index in [1.54, 1.807) is 17.3 Å². The normalized spacial score (nSPS) is 13.0. The summed E-state index contributed by atoms with van der Waals surface area (Å²) in [5.74, 6) is 3.26. The lowest BCUT2D eigenvalue weighted by Crippen LogP contribution is -2.34. The van der Waals surface area contributed by atoms with Crippen molar-refractivity contribution >= 4 is 34.7 Å². The molecule has 3 heterocycles. The van der Waals surface area contributed by atoms with E-state index in [1.807, 2.05) is 107 Å². The third-order valence-corrected chi connectivity index (χ3v) is 8.13. The molecule has 3 aromatic rings. The first-order valence-electron chi connectivity index (χ1n) is 19.3. The Morgan fingerprint density at radius 3 is 2.48 bits per heavy atom. The molecule has 54 heavy (non-hydrogen) atoms. The number of likely N-dealkylation sites (N-methyl/N-ethyl adjacent to an activating group) is 1. The Kier molecular flexibility index (Phi) is 20.3. The largest absolute Gasteiger partial charge is 0.490 e. The number of amides is 1. The Hall–Kier alpha value is -5.03. The number of nitrogens with one attached hydrogen (secondary N) is 1. The lowest BCUT2D eigenvalue weighted by molar-refractivity contribution is -0.126. The van der Waals surface area contributed by atoms with Gasteiger partial charge in [-0.05, 0) is 83.5 Å². The molecule has 0 spiro atoms. The first-order chi connectivity index (χ1) is 26.0. The van der Waals surface area contributed by atoms with Gasteiger partial charge in [0.25, 0.3) is 0 Å². The second-order valence-corrected chi connectivity index (χ2v) is 13.1. The van der Waals surface area contributed by atoms with Crippen molar-refractivity contribution in [2.75, 3.05) is 45.7 Å². The van der Waals surface area contributed by atoms with Crippen LogP contribution < -0.4 is 14.8 Å². The van der Waals surface area contributed by atoms with Gasteiger partial charge < -0.3 is 24.6 Å². The number of hydrogen-bond donors (Lipinski definition) is 1. The summed E-state index contributed by atoms with van der Waals surface area (Å²) in [6, 6.07) is 7.72. The summed E-state index contributed by atoms with van der Waals surface area (Å²) in [6.07, 6.45) is 16.7. The number of nitrogens with zero attached hydrogens (tertiary/aromatic N) is 7. The fourth-order valence-corrected chi connectivity index (χ4v) is 5.12. The lowest BCUT2D eigenvalue weighted by Gasteiger charge is -2.22. The van der Waals surface area contributed by atoms with E-state index in [0.29, 0.717) is 71.9 Å². The molecule has 0 saturated heterocycles. The highest BCUT2D eigenvalue weighted by Crippen LogP contribution is 2.30. The van der Waals surface area contributed by atoms with Gasteiger partial charge in [0, 0.05) is 49.4 Å². The van der Waals surface area contributed by atoms with Gasteiger partial charge in [-0.1, -0.05) is 67.0 Å². The van der Waals surface area contributed by atoms with Crippen LogP contribution >= 0.6 is 0 Å². The van der Waals surface area contributed by atoms with Crippen LogP contribution in [0.4, 0.5) is 11.5 Å². The van der Waals surface area contributed by atoms with Gasteiger partial charge in [0.05, 0.1) is 23.5 Å². The quantitative estimate of drug-likeness (QED) is 0.107. The number of allylic oxidation sites excluding steroid dienone is 2. The summed E-state index contributed by atoms with van der Waals surface area (Å²) in [5.41, 5.74) is 4.49. The van der Waals surface area contributed by atoms with Gasteiger partial charge >= 0.3 is 0 Å². The fourth-order valence-electron chi connectivity index (χ4n) is 5.12. The van der Waals surface area contributed by atoms with Crippen LogP contribution in [0.5, 0.6) is 11.5 Å². The summed E-state index contributed by atoms with van der Waals surface area (Å²) in [5, 5.41) is 9.31. The lowest BCUT2D eigenvalue weighted by atomic mass is 10.0. The molecule has 11 heteroatoms. The monoisotopic (exact) mass is 741 g/mol. The molecule has 1 amide bonds. The number of fused-ring (bicyclic) bond motifs is 1. The van der Waals surface area contributed by atoms with Gasteiger partial charge in [-0.3, -0.25) is 4.79 Å². The average Bonchev–Trinajstić information content (AvgIpc) is 3.14. The number of aromatic nitrogens is 3. The van der Waals surface area contributed by atoms with Gasteiger partial charge in [-0.2, -0.15) is 5.10 Å². The smallest absolute Gasteiger partial charge is 0.246 e. The minimum absolute atomic E-state index is 0.00372. The molecule has 0 saturated carbocycles. The van der Waals surface area contributed by atoms with Gasteiger partial charge in [0.15, 0.2) is 5.82 Å². The second-order valence-electron chi connectivity index (χ2n) is 13.1. The zero-order valence-electron chi connectivity index (χ0n) is 34.6. The van der Waals surface area contributed by atoms with E-state index in [0.717, 1.165) is 36.3 Å². The third-order valence-electron chi connectivity index (χ3n) is 8.13. The highest BCUT2D eigenvalue weighted by Gasteiger charge is 2.15. The molecule has 1 aliphatic rings. The molecular weight excluding hydrogens is 677 g/mol. The van der Waals surface area contributed by atoms with Crippen molar-refractivity contribution in [2.45, 2.75) is 88.0 Å². The van der Waals surface area contributed by atoms with E-state index in [9.17, 15) is 4.79 Å². The topological polar surface area (TPSA) is 108 Å². The number of benzene rings is 1. The molecule has 0 fully saturated rings. The highest BCUT2D eigenvalue weighted by molar-refractivity contribution is 5.88. The summed E-state index contributed by atoms with van der Waals surface area (Å²) in [7, 11) is 3.96. The van der Waals surface area contributed by atoms with Gasteiger partial charge in [0.1, 0.15) is 35.7 Å². The van der Waals surface area contributed by atoms with Crippen LogP contribution in [-0.2, 0) is 4.79 Å². The zero-order chi connectivity index (χ0) is 40.0. The average molecular weight is 741 g/mol. The zero-order valence-corrected chi connectivity index (χ0v) is 34.6. The van der Waals surface area contributed by atoms with Crippen LogP contribution in [0.25, 0.3) is 11.0 Å². The molecule has 1 unspecified atom stereocenters. The van der Waals surface area contributed by atoms with E-state index in [-0.39, 0.29) is 5.91 Å². The van der Waals surface area contributed by atoms with E-state index >= 15 is 0 Å². The first kappa shape index (κ1) is 45.1. The van der Waals surface area contributed by atoms with E-state index in [2.05, 4.69) is 54.7 Å². The number of hydrazone groups is 1. The van der Waals surface area contributed by atoms with Crippen LogP contribution in [0, 0.1) is 19.8 Å². The standard InChI is InChI=1S/C38H50N8O3.C3H8.C2H6/c1-9-27(3)13-11-19-45(36(47)14-12-18-44(7)8)21-22-48-35-25-33-37(42-30(35)6)38(40-26-39-33)43-31-15-16-34(28(4)23-31)49-32-17-20-46(41-10-2)29(5)24-32;1-3-2;1-2/h10,12,14-17,20,23-27H,5,9,11,13,18-19,21-22H2,1-4,6-8H3,(H,39,40,43);3H2,1-2H3;1-2H3/b14-12+,41-10-;;. The molecule has 0 bridgehead atoms. The second kappa shape index (κ2) is 24.3. The van der Waals surface area contributed by atoms with Crippen LogP contribution in [0.1, 0.15) is 85.4 Å². The first-order valence-corrected chi connectivity index (χ1v) is 19.3. The number of anilines is 2. The van der Waals surface area contributed by atoms with Gasteiger partial charge in [-0.15, -0.1) is 0 Å². The summed E-state index contributed by atoms with van der Waals surface area (Å²) >= 11 is 0. The third kappa shape index (κ3) is 14.8.